The van der Waals surface area contributed by atoms with Crippen LogP contribution in [0.15, 0.2) is 41.1 Å². The fourth-order valence-corrected chi connectivity index (χ4v) is 5.17. The van der Waals surface area contributed by atoms with Gasteiger partial charge in [-0.05, 0) is 84.6 Å². The van der Waals surface area contributed by atoms with Gasteiger partial charge in [0, 0.05) is 21.8 Å². The van der Waals surface area contributed by atoms with Crippen molar-refractivity contribution in [2.45, 2.75) is 39.8 Å². The zero-order valence-corrected chi connectivity index (χ0v) is 19.6. The van der Waals surface area contributed by atoms with E-state index in [9.17, 15) is 4.79 Å². The first kappa shape index (κ1) is 20.5. The first-order valence-electron chi connectivity index (χ1n) is 9.34. The predicted octanol–water partition coefficient (Wildman–Crippen LogP) is 6.90. The number of rotatable bonds is 3. The topological polar surface area (TPSA) is 38.1 Å². The maximum Gasteiger partial charge on any atom is 0.279 e. The van der Waals surface area contributed by atoms with E-state index in [1.54, 1.807) is 4.90 Å². The molecule has 3 aromatic rings. The van der Waals surface area contributed by atoms with Crippen LogP contribution in [0.1, 0.15) is 58.8 Å². The Morgan fingerprint density at radius 3 is 2.34 bits per heavy atom. The van der Waals surface area contributed by atoms with E-state index in [1.165, 1.54) is 0 Å². The summed E-state index contributed by atoms with van der Waals surface area (Å²) < 4.78 is 2.73. The van der Waals surface area contributed by atoms with E-state index in [1.807, 2.05) is 50.2 Å². The van der Waals surface area contributed by atoms with E-state index >= 15 is 0 Å². The Morgan fingerprint density at radius 2 is 1.69 bits per heavy atom. The number of carbonyl (C=O) groups excluding carboxylic acids is 1. The monoisotopic (exact) mass is 491 g/mol. The van der Waals surface area contributed by atoms with Crippen molar-refractivity contribution >= 4 is 50.7 Å². The van der Waals surface area contributed by atoms with Gasteiger partial charge in [-0.25, -0.2) is 4.98 Å². The molecule has 1 aliphatic rings. The number of aromatic nitrogens is 2. The molecule has 0 radical (unpaired) electrons. The molecular formula is C22H20BrCl2N3O. The lowest BCUT2D eigenvalue weighted by Crippen LogP contribution is -2.31. The summed E-state index contributed by atoms with van der Waals surface area (Å²) in [7, 11) is 0. The standard InChI is InChI=1S/C22H20BrCl2N3O/c1-11(2)27-20-18(26-22(27)23)21(29)28(17-10-15(25)6-5-12(17)3)19(20)16-8-7-14(24)9-13(16)4/h5-11,19H,1-4H3. The Balaban J connectivity index is 2.03. The number of nitrogens with zero attached hydrogens (tertiary/aromatic N) is 3. The second kappa shape index (κ2) is 7.46. The van der Waals surface area contributed by atoms with E-state index in [2.05, 4.69) is 39.3 Å². The quantitative estimate of drug-likeness (QED) is 0.398. The van der Waals surface area contributed by atoms with Gasteiger partial charge < -0.3 is 4.57 Å². The Bertz CT molecular complexity index is 1140. The highest BCUT2D eigenvalue weighted by Crippen LogP contribution is 2.46. The van der Waals surface area contributed by atoms with Crippen LogP contribution < -0.4 is 4.90 Å². The molecule has 1 amide bonds. The van der Waals surface area contributed by atoms with Crippen LogP contribution in [0.3, 0.4) is 0 Å². The van der Waals surface area contributed by atoms with Crippen LogP contribution >= 0.6 is 39.1 Å². The third kappa shape index (κ3) is 3.29. The van der Waals surface area contributed by atoms with Gasteiger partial charge in [-0.15, -0.1) is 0 Å². The number of hydrogen-bond acceptors (Lipinski definition) is 2. The molecular weight excluding hydrogens is 473 g/mol. The number of carbonyl (C=O) groups is 1. The van der Waals surface area contributed by atoms with Crippen LogP contribution in [-0.2, 0) is 0 Å². The first-order valence-corrected chi connectivity index (χ1v) is 10.9. The molecule has 1 aromatic heterocycles. The van der Waals surface area contributed by atoms with Crippen molar-refractivity contribution in [2.75, 3.05) is 4.90 Å². The third-order valence-electron chi connectivity index (χ3n) is 5.32. The van der Waals surface area contributed by atoms with Crippen molar-refractivity contribution in [3.63, 3.8) is 0 Å². The van der Waals surface area contributed by atoms with Crippen molar-refractivity contribution < 1.29 is 4.79 Å². The molecule has 150 valence electrons. The summed E-state index contributed by atoms with van der Waals surface area (Å²) in [5, 5.41) is 1.25. The van der Waals surface area contributed by atoms with Crippen LogP contribution in [0.2, 0.25) is 10.0 Å². The molecule has 0 N–H and O–H groups in total. The molecule has 1 aliphatic heterocycles. The van der Waals surface area contributed by atoms with E-state index in [0.29, 0.717) is 20.5 Å². The highest BCUT2D eigenvalue weighted by Gasteiger charge is 2.45. The Morgan fingerprint density at radius 1 is 1.03 bits per heavy atom. The zero-order chi connectivity index (χ0) is 21.0. The molecule has 29 heavy (non-hydrogen) atoms. The smallest absolute Gasteiger partial charge is 0.279 e. The van der Waals surface area contributed by atoms with Gasteiger partial charge in [0.05, 0.1) is 5.69 Å². The minimum atomic E-state index is -0.326. The minimum absolute atomic E-state index is 0.129. The number of hydrogen-bond donors (Lipinski definition) is 0. The highest BCUT2D eigenvalue weighted by molar-refractivity contribution is 9.10. The summed E-state index contributed by atoms with van der Waals surface area (Å²) in [6.07, 6.45) is 0. The summed E-state index contributed by atoms with van der Waals surface area (Å²) in [6.45, 7) is 8.15. The third-order valence-corrected chi connectivity index (χ3v) is 6.35. The minimum Gasteiger partial charge on any atom is -0.317 e. The second-order valence-corrected chi connectivity index (χ2v) is 9.17. The van der Waals surface area contributed by atoms with Crippen molar-refractivity contribution in [1.82, 2.24) is 9.55 Å². The van der Waals surface area contributed by atoms with Crippen molar-refractivity contribution in [3.05, 3.63) is 79.3 Å². The van der Waals surface area contributed by atoms with E-state index in [-0.39, 0.29) is 18.0 Å². The highest BCUT2D eigenvalue weighted by atomic mass is 79.9. The van der Waals surface area contributed by atoms with Gasteiger partial charge in [-0.1, -0.05) is 35.3 Å². The largest absolute Gasteiger partial charge is 0.317 e. The number of fused-ring (bicyclic) bond motifs is 1. The lowest BCUT2D eigenvalue weighted by Gasteiger charge is -2.30. The summed E-state index contributed by atoms with van der Waals surface area (Å²) in [6, 6.07) is 11.2. The van der Waals surface area contributed by atoms with Gasteiger partial charge in [-0.2, -0.15) is 0 Å². The molecule has 1 atom stereocenters. The van der Waals surface area contributed by atoms with Gasteiger partial charge in [-0.3, -0.25) is 9.69 Å². The number of halogens is 3. The van der Waals surface area contributed by atoms with E-state index < -0.39 is 0 Å². The van der Waals surface area contributed by atoms with Crippen LogP contribution in [0.5, 0.6) is 0 Å². The molecule has 1 unspecified atom stereocenters. The molecule has 0 fully saturated rings. The van der Waals surface area contributed by atoms with Crippen LogP contribution in [0.25, 0.3) is 0 Å². The summed E-state index contributed by atoms with van der Waals surface area (Å²) in [4.78, 5) is 20.0. The Kier molecular flexibility index (Phi) is 5.26. The molecule has 2 aromatic carbocycles. The predicted molar refractivity (Wildman–Crippen MR) is 121 cm³/mol. The average molecular weight is 493 g/mol. The number of aryl methyl sites for hydroxylation is 2. The van der Waals surface area contributed by atoms with E-state index in [4.69, 9.17) is 23.2 Å². The fourth-order valence-electron chi connectivity index (χ4n) is 4.00. The molecule has 0 saturated carbocycles. The SMILES string of the molecule is Cc1cc(Cl)ccc1C1c2c(nc(Br)n2C(C)C)C(=O)N1c1cc(Cl)ccc1C. The number of anilines is 1. The number of imidazole rings is 1. The molecule has 0 spiro atoms. The Hall–Kier alpha value is -1.82. The van der Waals surface area contributed by atoms with Gasteiger partial charge in [0.25, 0.3) is 5.91 Å². The number of benzene rings is 2. The number of amides is 1. The van der Waals surface area contributed by atoms with E-state index in [0.717, 1.165) is 28.1 Å². The van der Waals surface area contributed by atoms with Gasteiger partial charge in [0.15, 0.2) is 10.4 Å². The zero-order valence-electron chi connectivity index (χ0n) is 16.5. The summed E-state index contributed by atoms with van der Waals surface area (Å²) >= 11 is 16.1. The van der Waals surface area contributed by atoms with Gasteiger partial charge in [0.2, 0.25) is 0 Å². The average Bonchev–Trinajstić information content (AvgIpc) is 3.11. The molecule has 0 aliphatic carbocycles. The summed E-state index contributed by atoms with van der Waals surface area (Å²) in [5.41, 5.74) is 5.12. The maximum atomic E-state index is 13.6. The van der Waals surface area contributed by atoms with Crippen molar-refractivity contribution in [1.29, 1.82) is 0 Å². The van der Waals surface area contributed by atoms with Crippen molar-refractivity contribution in [2.24, 2.45) is 0 Å². The second-order valence-electron chi connectivity index (χ2n) is 7.59. The first-order chi connectivity index (χ1) is 13.7. The summed E-state index contributed by atoms with van der Waals surface area (Å²) in [5.74, 6) is -0.134. The van der Waals surface area contributed by atoms with Crippen molar-refractivity contribution in [3.8, 4) is 0 Å². The van der Waals surface area contributed by atoms with Crippen LogP contribution in [0, 0.1) is 13.8 Å². The fraction of sp³-hybridized carbons (Fsp3) is 0.273. The molecule has 0 bridgehead atoms. The molecule has 0 saturated heterocycles. The van der Waals surface area contributed by atoms with Gasteiger partial charge >= 0.3 is 0 Å². The molecule has 7 heteroatoms. The Labute approximate surface area is 188 Å². The lowest BCUT2D eigenvalue weighted by atomic mass is 9.97. The molecule has 4 nitrogen and oxygen atoms in total. The lowest BCUT2D eigenvalue weighted by molar-refractivity contribution is 0.0989. The normalized spacial score (nSPS) is 16.1. The van der Waals surface area contributed by atoms with Crippen LogP contribution in [-0.4, -0.2) is 15.5 Å². The van der Waals surface area contributed by atoms with Crippen LogP contribution in [0.4, 0.5) is 5.69 Å². The molecule has 4 rings (SSSR count). The maximum absolute atomic E-state index is 13.6. The molecule has 2 heterocycles. The van der Waals surface area contributed by atoms with Gasteiger partial charge in [0.1, 0.15) is 6.04 Å².